The van der Waals surface area contributed by atoms with E-state index in [9.17, 15) is 9.18 Å². The lowest BCUT2D eigenvalue weighted by Gasteiger charge is -2.06. The molecule has 0 radical (unpaired) electrons. The first-order chi connectivity index (χ1) is 12.6. The van der Waals surface area contributed by atoms with Crippen molar-refractivity contribution in [2.45, 2.75) is 13.5 Å². The third-order valence-electron chi connectivity index (χ3n) is 3.84. The number of halogens is 1. The molecule has 0 fully saturated rings. The van der Waals surface area contributed by atoms with Crippen LogP contribution < -0.4 is 9.54 Å². The van der Waals surface area contributed by atoms with Crippen molar-refractivity contribution in [1.82, 2.24) is 4.57 Å². The van der Waals surface area contributed by atoms with Crippen molar-refractivity contribution in [2.24, 2.45) is 4.99 Å². The van der Waals surface area contributed by atoms with E-state index >= 15 is 0 Å². The van der Waals surface area contributed by atoms with Gasteiger partial charge in [-0.2, -0.15) is 4.99 Å². The van der Waals surface area contributed by atoms with Crippen molar-refractivity contribution in [3.05, 3.63) is 58.6 Å². The molecule has 1 amide bonds. The summed E-state index contributed by atoms with van der Waals surface area (Å²) in [5, 5.41) is 0. The number of thiazole rings is 1. The Hall–Kier alpha value is -2.51. The largest absolute Gasteiger partial charge is 0.496 e. The number of aromatic nitrogens is 1. The molecule has 136 valence electrons. The molecular formula is C19H19FN2O3S. The standard InChI is InChI=1S/C19H19FN2O3S/c1-3-25-11-10-22-15-9-8-13(20)12-17(15)26-19(22)21-18(23)14-6-4-5-7-16(14)24-2/h4-9,12H,3,10-11H2,1-2H3. The molecule has 0 N–H and O–H groups in total. The van der Waals surface area contributed by atoms with Gasteiger partial charge in [-0.3, -0.25) is 4.79 Å². The Morgan fingerprint density at radius 2 is 2.08 bits per heavy atom. The summed E-state index contributed by atoms with van der Waals surface area (Å²) in [6, 6.07) is 11.5. The summed E-state index contributed by atoms with van der Waals surface area (Å²) in [5.41, 5.74) is 1.21. The Kier molecular flexibility index (Phi) is 5.80. The number of nitrogens with zero attached hydrogens (tertiary/aromatic N) is 2. The average Bonchev–Trinajstić information content (AvgIpc) is 2.98. The quantitative estimate of drug-likeness (QED) is 0.619. The predicted octanol–water partition coefficient (Wildman–Crippen LogP) is 3.63. The van der Waals surface area contributed by atoms with Crippen molar-refractivity contribution in [2.75, 3.05) is 20.3 Å². The molecule has 0 spiro atoms. The lowest BCUT2D eigenvalue weighted by molar-refractivity contribution is 0.0993. The number of carbonyl (C=O) groups excluding carboxylic acids is 1. The minimum absolute atomic E-state index is 0.321. The second-order valence-electron chi connectivity index (χ2n) is 5.46. The molecule has 0 atom stereocenters. The average molecular weight is 374 g/mol. The molecular weight excluding hydrogens is 355 g/mol. The van der Waals surface area contributed by atoms with Crippen LogP contribution >= 0.6 is 11.3 Å². The van der Waals surface area contributed by atoms with Gasteiger partial charge < -0.3 is 14.0 Å². The zero-order valence-corrected chi connectivity index (χ0v) is 15.4. The van der Waals surface area contributed by atoms with E-state index in [4.69, 9.17) is 9.47 Å². The van der Waals surface area contributed by atoms with Gasteiger partial charge in [0.15, 0.2) is 4.80 Å². The number of para-hydroxylation sites is 1. The Morgan fingerprint density at radius 1 is 1.27 bits per heavy atom. The maximum Gasteiger partial charge on any atom is 0.283 e. The van der Waals surface area contributed by atoms with E-state index in [1.54, 1.807) is 30.3 Å². The van der Waals surface area contributed by atoms with Gasteiger partial charge in [-0.25, -0.2) is 4.39 Å². The third kappa shape index (κ3) is 3.84. The molecule has 3 rings (SSSR count). The molecule has 0 saturated carbocycles. The van der Waals surface area contributed by atoms with Crippen LogP contribution in [0.25, 0.3) is 10.2 Å². The number of benzene rings is 2. The fourth-order valence-corrected chi connectivity index (χ4v) is 3.70. The molecule has 1 heterocycles. The number of hydrogen-bond donors (Lipinski definition) is 0. The molecule has 5 nitrogen and oxygen atoms in total. The molecule has 26 heavy (non-hydrogen) atoms. The Balaban J connectivity index is 2.08. The fraction of sp³-hybridized carbons (Fsp3) is 0.263. The van der Waals surface area contributed by atoms with Gasteiger partial charge in [0.2, 0.25) is 0 Å². The number of hydrogen-bond acceptors (Lipinski definition) is 4. The van der Waals surface area contributed by atoms with E-state index in [1.807, 2.05) is 11.5 Å². The smallest absolute Gasteiger partial charge is 0.283 e. The molecule has 1 aromatic heterocycles. The highest BCUT2D eigenvalue weighted by Crippen LogP contribution is 2.20. The summed E-state index contributed by atoms with van der Waals surface area (Å²) >= 11 is 1.27. The lowest BCUT2D eigenvalue weighted by atomic mass is 10.2. The first-order valence-electron chi connectivity index (χ1n) is 8.22. The summed E-state index contributed by atoms with van der Waals surface area (Å²) in [6.45, 7) is 3.53. The summed E-state index contributed by atoms with van der Waals surface area (Å²) in [6.07, 6.45) is 0. The summed E-state index contributed by atoms with van der Waals surface area (Å²) in [4.78, 5) is 17.4. The summed E-state index contributed by atoms with van der Waals surface area (Å²) in [7, 11) is 1.51. The second-order valence-corrected chi connectivity index (χ2v) is 6.47. The van der Waals surface area contributed by atoms with Gasteiger partial charge in [0.25, 0.3) is 5.91 Å². The van der Waals surface area contributed by atoms with Crippen LogP contribution in [0.1, 0.15) is 17.3 Å². The molecule has 0 aliphatic carbocycles. The Bertz CT molecular complexity index is 994. The van der Waals surface area contributed by atoms with Gasteiger partial charge in [0.1, 0.15) is 11.6 Å². The maximum absolute atomic E-state index is 13.6. The maximum atomic E-state index is 13.6. The van der Waals surface area contributed by atoms with Gasteiger partial charge >= 0.3 is 0 Å². The SMILES string of the molecule is CCOCCn1c(=NC(=O)c2ccccc2OC)sc2cc(F)ccc21. The summed E-state index contributed by atoms with van der Waals surface area (Å²) in [5.74, 6) is -0.257. The number of methoxy groups -OCH3 is 1. The van der Waals surface area contributed by atoms with Crippen molar-refractivity contribution in [3.63, 3.8) is 0 Å². The van der Waals surface area contributed by atoms with Crippen molar-refractivity contribution >= 4 is 27.5 Å². The van der Waals surface area contributed by atoms with Crippen LogP contribution in [0.15, 0.2) is 47.5 Å². The van der Waals surface area contributed by atoms with Crippen molar-refractivity contribution < 1.29 is 18.7 Å². The molecule has 0 saturated heterocycles. The van der Waals surface area contributed by atoms with Gasteiger partial charge in [-0.15, -0.1) is 0 Å². The van der Waals surface area contributed by atoms with Gasteiger partial charge in [0.05, 0.1) is 29.5 Å². The highest BCUT2D eigenvalue weighted by molar-refractivity contribution is 7.16. The van der Waals surface area contributed by atoms with Gasteiger partial charge in [-0.1, -0.05) is 23.5 Å². The first-order valence-corrected chi connectivity index (χ1v) is 9.04. The highest BCUT2D eigenvalue weighted by atomic mass is 32.1. The van der Waals surface area contributed by atoms with E-state index in [0.717, 1.165) is 10.2 Å². The van der Waals surface area contributed by atoms with Crippen LogP contribution in [0.5, 0.6) is 5.75 Å². The third-order valence-corrected chi connectivity index (χ3v) is 4.88. The van der Waals surface area contributed by atoms with Crippen LogP contribution in [0.2, 0.25) is 0 Å². The van der Waals surface area contributed by atoms with Crippen molar-refractivity contribution in [1.29, 1.82) is 0 Å². The Morgan fingerprint density at radius 3 is 2.85 bits per heavy atom. The molecule has 0 unspecified atom stereocenters. The number of ether oxygens (including phenoxy) is 2. The van der Waals surface area contributed by atoms with E-state index in [1.165, 1.54) is 30.6 Å². The van der Waals surface area contributed by atoms with Crippen molar-refractivity contribution in [3.8, 4) is 5.75 Å². The minimum Gasteiger partial charge on any atom is -0.496 e. The summed E-state index contributed by atoms with van der Waals surface area (Å²) < 4.78 is 26.8. The molecule has 2 aromatic carbocycles. The van der Waals surface area contributed by atoms with Crippen LogP contribution in [0, 0.1) is 5.82 Å². The first kappa shape index (κ1) is 18.3. The molecule has 0 aliphatic heterocycles. The number of carbonyl (C=O) groups is 1. The zero-order chi connectivity index (χ0) is 18.5. The van der Waals surface area contributed by atoms with Gasteiger partial charge in [0, 0.05) is 13.2 Å². The normalized spacial score (nSPS) is 11.9. The molecule has 0 aliphatic rings. The molecule has 7 heteroatoms. The minimum atomic E-state index is -0.403. The monoisotopic (exact) mass is 374 g/mol. The lowest BCUT2D eigenvalue weighted by Crippen LogP contribution is -2.20. The molecule has 3 aromatic rings. The molecule has 0 bridgehead atoms. The number of fused-ring (bicyclic) bond motifs is 1. The van der Waals surface area contributed by atoms with Crippen LogP contribution in [-0.2, 0) is 11.3 Å². The number of rotatable bonds is 6. The van der Waals surface area contributed by atoms with Crippen LogP contribution in [0.3, 0.4) is 0 Å². The van der Waals surface area contributed by atoms with E-state index in [-0.39, 0.29) is 5.82 Å². The van der Waals surface area contributed by atoms with Crippen LogP contribution in [-0.4, -0.2) is 30.8 Å². The highest BCUT2D eigenvalue weighted by Gasteiger charge is 2.13. The Labute approximate surface area is 154 Å². The fourth-order valence-electron chi connectivity index (χ4n) is 2.62. The predicted molar refractivity (Wildman–Crippen MR) is 99.2 cm³/mol. The number of amides is 1. The topological polar surface area (TPSA) is 52.8 Å². The van der Waals surface area contributed by atoms with E-state index in [2.05, 4.69) is 4.99 Å². The van der Waals surface area contributed by atoms with E-state index < -0.39 is 5.91 Å². The van der Waals surface area contributed by atoms with Crippen LogP contribution in [0.4, 0.5) is 4.39 Å². The zero-order valence-electron chi connectivity index (χ0n) is 14.6. The van der Waals surface area contributed by atoms with Gasteiger partial charge in [-0.05, 0) is 37.3 Å². The van der Waals surface area contributed by atoms with E-state index in [0.29, 0.717) is 35.9 Å². The second kappa shape index (κ2) is 8.25.